The predicted octanol–water partition coefficient (Wildman–Crippen LogP) is 3.35. The fourth-order valence-corrected chi connectivity index (χ4v) is 3.55. The molecule has 0 radical (unpaired) electrons. The van der Waals surface area contributed by atoms with Gasteiger partial charge in [0.25, 0.3) is 0 Å². The predicted molar refractivity (Wildman–Crippen MR) is 69.1 cm³/mol. The van der Waals surface area contributed by atoms with E-state index in [1.807, 2.05) is 0 Å². The Morgan fingerprint density at radius 2 is 2.06 bits per heavy atom. The van der Waals surface area contributed by atoms with Crippen LogP contribution in [0, 0.1) is 5.92 Å². The van der Waals surface area contributed by atoms with Crippen LogP contribution in [-0.2, 0) is 9.16 Å². The van der Waals surface area contributed by atoms with Crippen molar-refractivity contribution in [3.05, 3.63) is 11.6 Å². The minimum absolute atomic E-state index is 0.151. The van der Waals surface area contributed by atoms with Crippen LogP contribution in [0.1, 0.15) is 26.7 Å². The summed E-state index contributed by atoms with van der Waals surface area (Å²) in [5.41, 5.74) is 1.57. The van der Waals surface area contributed by atoms with Gasteiger partial charge in [-0.1, -0.05) is 6.08 Å². The van der Waals surface area contributed by atoms with Crippen LogP contribution >= 0.6 is 0 Å². The highest BCUT2D eigenvalue weighted by Gasteiger charge is 2.48. The van der Waals surface area contributed by atoms with Crippen molar-refractivity contribution in [3.8, 4) is 0 Å². The van der Waals surface area contributed by atoms with E-state index in [1.165, 1.54) is 5.57 Å². The van der Waals surface area contributed by atoms with E-state index in [4.69, 9.17) is 9.16 Å². The fourth-order valence-electron chi connectivity index (χ4n) is 2.42. The first-order valence-electron chi connectivity index (χ1n) is 6.29. The maximum Gasteiger partial charge on any atom is 0.184 e. The van der Waals surface area contributed by atoms with Gasteiger partial charge in [-0.15, -0.1) is 0 Å². The molecule has 1 fully saturated rings. The Morgan fingerprint density at radius 1 is 1.44 bits per heavy atom. The van der Waals surface area contributed by atoms with E-state index >= 15 is 0 Å². The molecule has 0 amide bonds. The second kappa shape index (κ2) is 3.97. The molecule has 0 aromatic rings. The van der Waals surface area contributed by atoms with Crippen molar-refractivity contribution in [2.75, 3.05) is 6.61 Å². The standard InChI is InChI=1S/C13H24O2Si/c1-10-6-7-11(13(2)9-14-13)8-12(10)15-16(3,4)5/h6,11-12H,7-9H2,1-5H3/t11-,12?,13?/m1/s1. The van der Waals surface area contributed by atoms with E-state index in [9.17, 15) is 0 Å². The number of hydrogen-bond donors (Lipinski definition) is 0. The number of allylic oxidation sites excluding steroid dienone is 1. The zero-order valence-corrected chi connectivity index (χ0v) is 12.2. The van der Waals surface area contributed by atoms with E-state index in [-0.39, 0.29) is 5.60 Å². The van der Waals surface area contributed by atoms with E-state index < -0.39 is 8.32 Å². The monoisotopic (exact) mass is 240 g/mol. The summed E-state index contributed by atoms with van der Waals surface area (Å²) in [6, 6.07) is 0. The summed E-state index contributed by atoms with van der Waals surface area (Å²) in [5, 5.41) is 0. The Bertz CT molecular complexity index is 300. The van der Waals surface area contributed by atoms with Gasteiger partial charge in [-0.25, -0.2) is 0 Å². The molecule has 2 aliphatic rings. The van der Waals surface area contributed by atoms with Gasteiger partial charge in [-0.05, 0) is 57.8 Å². The van der Waals surface area contributed by atoms with E-state index in [1.54, 1.807) is 0 Å². The Hall–Kier alpha value is -0.123. The lowest BCUT2D eigenvalue weighted by Crippen LogP contribution is -2.37. The number of rotatable bonds is 3. The maximum atomic E-state index is 6.26. The highest BCUT2D eigenvalue weighted by Crippen LogP contribution is 2.43. The quantitative estimate of drug-likeness (QED) is 0.429. The Kier molecular flexibility index (Phi) is 3.06. The number of ether oxygens (including phenoxy) is 1. The molecule has 0 bridgehead atoms. The molecule has 3 heteroatoms. The van der Waals surface area contributed by atoms with Crippen LogP contribution in [0.2, 0.25) is 19.6 Å². The molecule has 0 spiro atoms. The molecule has 1 heterocycles. The lowest BCUT2D eigenvalue weighted by Gasteiger charge is -2.34. The first kappa shape index (κ1) is 12.3. The molecule has 2 nitrogen and oxygen atoms in total. The van der Waals surface area contributed by atoms with Gasteiger partial charge < -0.3 is 9.16 Å². The van der Waals surface area contributed by atoms with Crippen LogP contribution in [0.25, 0.3) is 0 Å². The lowest BCUT2D eigenvalue weighted by atomic mass is 9.80. The molecule has 0 N–H and O–H groups in total. The van der Waals surface area contributed by atoms with Crippen molar-refractivity contribution < 1.29 is 9.16 Å². The molecule has 0 aromatic carbocycles. The molecule has 2 unspecified atom stereocenters. The van der Waals surface area contributed by atoms with Crippen LogP contribution in [-0.4, -0.2) is 26.6 Å². The summed E-state index contributed by atoms with van der Waals surface area (Å²) in [7, 11) is -1.44. The second-order valence-electron chi connectivity index (χ2n) is 6.44. The van der Waals surface area contributed by atoms with Crippen LogP contribution in [0.5, 0.6) is 0 Å². The van der Waals surface area contributed by atoms with Gasteiger partial charge in [0.15, 0.2) is 8.32 Å². The molecule has 16 heavy (non-hydrogen) atoms. The lowest BCUT2D eigenvalue weighted by molar-refractivity contribution is 0.138. The minimum atomic E-state index is -1.44. The van der Waals surface area contributed by atoms with E-state index in [0.717, 1.165) is 19.4 Å². The van der Waals surface area contributed by atoms with Crippen LogP contribution < -0.4 is 0 Å². The van der Waals surface area contributed by atoms with Gasteiger partial charge in [0.2, 0.25) is 0 Å². The van der Waals surface area contributed by atoms with Crippen molar-refractivity contribution in [3.63, 3.8) is 0 Å². The van der Waals surface area contributed by atoms with Crippen molar-refractivity contribution in [1.29, 1.82) is 0 Å². The van der Waals surface area contributed by atoms with Gasteiger partial charge in [0, 0.05) is 0 Å². The van der Waals surface area contributed by atoms with Gasteiger partial charge in [-0.2, -0.15) is 0 Å². The first-order valence-corrected chi connectivity index (χ1v) is 9.69. The third kappa shape index (κ3) is 2.76. The van der Waals surface area contributed by atoms with Gasteiger partial charge in [0.05, 0.1) is 18.3 Å². The summed E-state index contributed by atoms with van der Waals surface area (Å²) in [4.78, 5) is 0. The average Bonchev–Trinajstić information content (AvgIpc) is 2.86. The van der Waals surface area contributed by atoms with Crippen LogP contribution in [0.3, 0.4) is 0 Å². The first-order chi connectivity index (χ1) is 7.30. The highest BCUT2D eigenvalue weighted by atomic mass is 28.4. The molecule has 1 aliphatic carbocycles. The Balaban J connectivity index is 2.02. The summed E-state index contributed by atoms with van der Waals surface area (Å²) in [6.07, 6.45) is 4.99. The van der Waals surface area contributed by atoms with E-state index in [2.05, 4.69) is 39.6 Å². The maximum absolute atomic E-state index is 6.26. The third-order valence-corrected chi connectivity index (χ3v) is 4.68. The smallest absolute Gasteiger partial charge is 0.184 e. The van der Waals surface area contributed by atoms with Crippen molar-refractivity contribution in [2.45, 2.75) is 58.0 Å². The van der Waals surface area contributed by atoms with Gasteiger partial charge in [-0.3, -0.25) is 0 Å². The number of hydrogen-bond acceptors (Lipinski definition) is 2. The van der Waals surface area contributed by atoms with Gasteiger partial charge in [0.1, 0.15) is 0 Å². The molecular formula is C13H24O2Si. The molecule has 3 atom stereocenters. The molecule has 0 saturated carbocycles. The summed E-state index contributed by atoms with van der Waals surface area (Å²) < 4.78 is 11.8. The van der Waals surface area contributed by atoms with Gasteiger partial charge >= 0.3 is 0 Å². The molecular weight excluding hydrogens is 216 g/mol. The molecule has 1 aliphatic heterocycles. The summed E-state index contributed by atoms with van der Waals surface area (Å²) in [6.45, 7) is 12.2. The van der Waals surface area contributed by atoms with Crippen molar-refractivity contribution in [1.82, 2.24) is 0 Å². The zero-order valence-electron chi connectivity index (χ0n) is 11.2. The normalized spacial score (nSPS) is 39.4. The second-order valence-corrected chi connectivity index (χ2v) is 10.9. The minimum Gasteiger partial charge on any atom is -0.411 e. The summed E-state index contributed by atoms with van der Waals surface area (Å²) in [5.74, 6) is 0.651. The molecule has 92 valence electrons. The number of epoxide rings is 1. The van der Waals surface area contributed by atoms with Crippen LogP contribution in [0.15, 0.2) is 11.6 Å². The largest absolute Gasteiger partial charge is 0.411 e. The third-order valence-electron chi connectivity index (χ3n) is 3.69. The Labute approximate surface area is 100 Å². The average molecular weight is 240 g/mol. The SMILES string of the molecule is CC1=CC[C@@H](C2(C)CO2)CC1O[Si](C)(C)C. The van der Waals surface area contributed by atoms with E-state index in [0.29, 0.717) is 12.0 Å². The fraction of sp³-hybridized carbons (Fsp3) is 0.846. The molecule has 2 rings (SSSR count). The molecule has 1 saturated heterocycles. The molecule has 0 aromatic heterocycles. The van der Waals surface area contributed by atoms with Crippen LogP contribution in [0.4, 0.5) is 0 Å². The Morgan fingerprint density at radius 3 is 2.56 bits per heavy atom. The summed E-state index contributed by atoms with van der Waals surface area (Å²) >= 11 is 0. The zero-order chi connectivity index (χ0) is 12.0. The van der Waals surface area contributed by atoms with Crippen molar-refractivity contribution >= 4 is 8.32 Å². The highest BCUT2D eigenvalue weighted by molar-refractivity contribution is 6.69. The van der Waals surface area contributed by atoms with Crippen molar-refractivity contribution in [2.24, 2.45) is 5.92 Å². The topological polar surface area (TPSA) is 21.8 Å².